The zero-order valence-electron chi connectivity index (χ0n) is 14.1. The van der Waals surface area contributed by atoms with Crippen LogP contribution in [0.3, 0.4) is 0 Å². The SMILES string of the molecule is CN=C(NCCNS(=O)(=O)c1cccc([N+](=O)[O-])c1)NC1CCCC1. The van der Waals surface area contributed by atoms with Gasteiger partial charge in [0.05, 0.1) is 9.82 Å². The Morgan fingerprint density at radius 3 is 2.68 bits per heavy atom. The molecule has 0 spiro atoms. The largest absolute Gasteiger partial charge is 0.355 e. The van der Waals surface area contributed by atoms with Gasteiger partial charge in [-0.05, 0) is 18.9 Å². The maximum Gasteiger partial charge on any atom is 0.270 e. The molecule has 0 unspecified atom stereocenters. The third-order valence-electron chi connectivity index (χ3n) is 3.97. The molecule has 0 bridgehead atoms. The predicted octanol–water partition coefficient (Wildman–Crippen LogP) is 0.981. The molecule has 0 saturated heterocycles. The normalized spacial score (nSPS) is 16.0. The molecular weight excluding hydrogens is 346 g/mol. The van der Waals surface area contributed by atoms with Crippen LogP contribution in [-0.2, 0) is 10.0 Å². The first-order chi connectivity index (χ1) is 11.9. The van der Waals surface area contributed by atoms with Gasteiger partial charge in [-0.1, -0.05) is 18.9 Å². The Hall–Kier alpha value is -2.20. The van der Waals surface area contributed by atoms with Crippen molar-refractivity contribution in [3.63, 3.8) is 0 Å². The quantitative estimate of drug-likeness (QED) is 0.216. The standard InChI is InChI=1S/C15H23N5O4S/c1-16-15(19-12-5-2-3-6-12)17-9-10-18-25(23,24)14-8-4-7-13(11-14)20(21)22/h4,7-8,11-12,18H,2-3,5-6,9-10H2,1H3,(H2,16,17,19). The van der Waals surface area contributed by atoms with Gasteiger partial charge < -0.3 is 10.6 Å². The monoisotopic (exact) mass is 369 g/mol. The molecule has 0 amide bonds. The van der Waals surface area contributed by atoms with Crippen LogP contribution in [0.25, 0.3) is 0 Å². The van der Waals surface area contributed by atoms with Gasteiger partial charge in [-0.25, -0.2) is 13.1 Å². The van der Waals surface area contributed by atoms with Crippen LogP contribution in [0.15, 0.2) is 34.2 Å². The highest BCUT2D eigenvalue weighted by molar-refractivity contribution is 7.89. The number of aliphatic imine (C=N–C) groups is 1. The van der Waals surface area contributed by atoms with Crippen molar-refractivity contribution >= 4 is 21.7 Å². The second kappa shape index (κ2) is 8.77. The molecule has 2 rings (SSSR count). The average molecular weight is 369 g/mol. The predicted molar refractivity (Wildman–Crippen MR) is 95.0 cm³/mol. The molecule has 1 aromatic rings. The lowest BCUT2D eigenvalue weighted by atomic mass is 10.2. The Bertz CT molecular complexity index is 729. The first-order valence-corrected chi connectivity index (χ1v) is 9.62. The number of benzene rings is 1. The molecule has 1 aromatic carbocycles. The van der Waals surface area contributed by atoms with Crippen LogP contribution >= 0.6 is 0 Å². The lowest BCUT2D eigenvalue weighted by Crippen LogP contribution is -2.44. The summed E-state index contributed by atoms with van der Waals surface area (Å²) in [5, 5.41) is 17.1. The molecule has 0 aliphatic heterocycles. The highest BCUT2D eigenvalue weighted by atomic mass is 32.2. The van der Waals surface area contributed by atoms with E-state index >= 15 is 0 Å². The van der Waals surface area contributed by atoms with E-state index in [0.717, 1.165) is 18.9 Å². The molecule has 0 heterocycles. The van der Waals surface area contributed by atoms with Crippen LogP contribution in [-0.4, -0.2) is 45.5 Å². The second-order valence-corrected chi connectivity index (χ2v) is 7.54. The lowest BCUT2D eigenvalue weighted by molar-refractivity contribution is -0.385. The molecule has 1 saturated carbocycles. The fraction of sp³-hybridized carbons (Fsp3) is 0.533. The van der Waals surface area contributed by atoms with Crippen LogP contribution in [0.2, 0.25) is 0 Å². The van der Waals surface area contributed by atoms with E-state index in [4.69, 9.17) is 0 Å². The van der Waals surface area contributed by atoms with E-state index < -0.39 is 14.9 Å². The minimum absolute atomic E-state index is 0.129. The molecule has 0 radical (unpaired) electrons. The van der Waals surface area contributed by atoms with Crippen molar-refractivity contribution in [3.8, 4) is 0 Å². The van der Waals surface area contributed by atoms with Crippen LogP contribution in [0.4, 0.5) is 5.69 Å². The van der Waals surface area contributed by atoms with Crippen molar-refractivity contribution in [2.24, 2.45) is 4.99 Å². The Kier molecular flexibility index (Phi) is 6.71. The maximum atomic E-state index is 12.2. The van der Waals surface area contributed by atoms with Crippen molar-refractivity contribution in [2.75, 3.05) is 20.1 Å². The summed E-state index contributed by atoms with van der Waals surface area (Å²) in [6.45, 7) is 0.483. The highest BCUT2D eigenvalue weighted by Gasteiger charge is 2.18. The van der Waals surface area contributed by atoms with E-state index in [-0.39, 0.29) is 17.1 Å². The number of sulfonamides is 1. The zero-order valence-corrected chi connectivity index (χ0v) is 14.9. The van der Waals surface area contributed by atoms with E-state index in [1.165, 1.54) is 31.0 Å². The fourth-order valence-electron chi connectivity index (χ4n) is 2.67. The number of non-ortho nitro benzene ring substituents is 1. The van der Waals surface area contributed by atoms with Gasteiger partial charge in [0.1, 0.15) is 0 Å². The molecule has 10 heteroatoms. The van der Waals surface area contributed by atoms with Gasteiger partial charge in [-0.2, -0.15) is 0 Å². The van der Waals surface area contributed by atoms with E-state index in [1.807, 2.05) is 0 Å². The van der Waals surface area contributed by atoms with Gasteiger partial charge in [0.25, 0.3) is 5.69 Å². The van der Waals surface area contributed by atoms with E-state index in [2.05, 4.69) is 20.3 Å². The Morgan fingerprint density at radius 1 is 1.32 bits per heavy atom. The average Bonchev–Trinajstić information content (AvgIpc) is 3.10. The summed E-state index contributed by atoms with van der Waals surface area (Å²) in [6.07, 6.45) is 4.63. The van der Waals surface area contributed by atoms with Gasteiger partial charge in [0, 0.05) is 38.3 Å². The van der Waals surface area contributed by atoms with Gasteiger partial charge in [0.15, 0.2) is 5.96 Å². The molecular formula is C15H23N5O4S. The molecule has 9 nitrogen and oxygen atoms in total. The van der Waals surface area contributed by atoms with Crippen LogP contribution in [0, 0.1) is 10.1 Å². The number of nitro groups is 1. The van der Waals surface area contributed by atoms with Crippen LogP contribution in [0.5, 0.6) is 0 Å². The van der Waals surface area contributed by atoms with Crippen molar-refractivity contribution in [3.05, 3.63) is 34.4 Å². The Balaban J connectivity index is 1.83. The first kappa shape index (κ1) is 19.1. The summed E-state index contributed by atoms with van der Waals surface area (Å²) >= 11 is 0. The second-order valence-electron chi connectivity index (χ2n) is 5.78. The summed E-state index contributed by atoms with van der Waals surface area (Å²) in [5.74, 6) is 0.640. The molecule has 0 aromatic heterocycles. The third-order valence-corrected chi connectivity index (χ3v) is 5.43. The van der Waals surface area contributed by atoms with Gasteiger partial charge in [-0.15, -0.1) is 0 Å². The van der Waals surface area contributed by atoms with Crippen molar-refractivity contribution in [1.82, 2.24) is 15.4 Å². The first-order valence-electron chi connectivity index (χ1n) is 8.13. The summed E-state index contributed by atoms with van der Waals surface area (Å²) in [6, 6.07) is 5.37. The molecule has 3 N–H and O–H groups in total. The summed E-state index contributed by atoms with van der Waals surface area (Å²) in [7, 11) is -2.13. The molecule has 0 atom stereocenters. The molecule has 1 aliphatic rings. The lowest BCUT2D eigenvalue weighted by Gasteiger charge is -2.17. The minimum atomic E-state index is -3.80. The zero-order chi connectivity index (χ0) is 18.3. The molecule has 138 valence electrons. The Labute approximate surface area is 147 Å². The topological polar surface area (TPSA) is 126 Å². The molecule has 1 fully saturated rings. The number of nitro benzene ring substituents is 1. The number of hydrogen-bond acceptors (Lipinski definition) is 5. The maximum absolute atomic E-state index is 12.2. The number of nitrogens with zero attached hydrogens (tertiary/aromatic N) is 2. The highest BCUT2D eigenvalue weighted by Crippen LogP contribution is 2.18. The summed E-state index contributed by atoms with van der Waals surface area (Å²) in [4.78, 5) is 14.1. The third kappa shape index (κ3) is 5.68. The van der Waals surface area contributed by atoms with E-state index in [0.29, 0.717) is 18.5 Å². The van der Waals surface area contributed by atoms with E-state index in [1.54, 1.807) is 7.05 Å². The van der Waals surface area contributed by atoms with E-state index in [9.17, 15) is 18.5 Å². The summed E-state index contributed by atoms with van der Waals surface area (Å²) in [5.41, 5.74) is -0.262. The summed E-state index contributed by atoms with van der Waals surface area (Å²) < 4.78 is 26.8. The van der Waals surface area contributed by atoms with Crippen molar-refractivity contribution < 1.29 is 13.3 Å². The van der Waals surface area contributed by atoms with Crippen LogP contribution in [0.1, 0.15) is 25.7 Å². The van der Waals surface area contributed by atoms with Gasteiger partial charge >= 0.3 is 0 Å². The number of hydrogen-bond donors (Lipinski definition) is 3. The smallest absolute Gasteiger partial charge is 0.270 e. The van der Waals surface area contributed by atoms with Crippen LogP contribution < -0.4 is 15.4 Å². The Morgan fingerprint density at radius 2 is 2.04 bits per heavy atom. The minimum Gasteiger partial charge on any atom is -0.355 e. The number of guanidine groups is 1. The molecule has 1 aliphatic carbocycles. The van der Waals surface area contributed by atoms with Gasteiger partial charge in [0.2, 0.25) is 10.0 Å². The van der Waals surface area contributed by atoms with Crippen molar-refractivity contribution in [1.29, 1.82) is 0 Å². The number of rotatable bonds is 7. The van der Waals surface area contributed by atoms with Crippen molar-refractivity contribution in [2.45, 2.75) is 36.6 Å². The molecule has 25 heavy (non-hydrogen) atoms. The fourth-order valence-corrected chi connectivity index (χ4v) is 3.74. The van der Waals surface area contributed by atoms with Gasteiger partial charge in [-0.3, -0.25) is 15.1 Å². The number of nitrogens with one attached hydrogen (secondary N) is 3.